The highest BCUT2D eigenvalue weighted by Gasteiger charge is 2.48. The first kappa shape index (κ1) is 13.5. The molecule has 1 aromatic rings. The number of benzene rings is 1. The van der Waals surface area contributed by atoms with Crippen molar-refractivity contribution >= 4 is 23.6 Å². The molecule has 3 atom stereocenters. The van der Waals surface area contributed by atoms with Crippen LogP contribution in [-0.4, -0.2) is 34.6 Å². The Kier molecular flexibility index (Phi) is 3.46. The zero-order valence-electron chi connectivity index (χ0n) is 11.6. The van der Waals surface area contributed by atoms with E-state index in [1.165, 1.54) is 0 Å². The van der Waals surface area contributed by atoms with Crippen molar-refractivity contribution < 1.29 is 9.59 Å². The number of nitrogens with one attached hydrogen (secondary N) is 1. The molecule has 2 amide bonds. The van der Waals surface area contributed by atoms with E-state index < -0.39 is 0 Å². The first-order valence-corrected chi connectivity index (χ1v) is 8.02. The van der Waals surface area contributed by atoms with Crippen LogP contribution in [0.15, 0.2) is 24.3 Å². The number of carbonyl (C=O) groups excluding carboxylic acids is 2. The van der Waals surface area contributed by atoms with Crippen molar-refractivity contribution in [3.63, 3.8) is 0 Å². The Morgan fingerprint density at radius 3 is 3.00 bits per heavy atom. The fourth-order valence-electron chi connectivity index (χ4n) is 2.68. The minimum Gasteiger partial charge on any atom is -0.352 e. The molecular weight excluding hydrogens is 272 g/mol. The third-order valence-corrected chi connectivity index (χ3v) is 5.30. The van der Waals surface area contributed by atoms with Crippen molar-refractivity contribution in [2.75, 3.05) is 5.75 Å². The molecule has 5 heteroatoms. The van der Waals surface area contributed by atoms with Gasteiger partial charge in [0.1, 0.15) is 11.4 Å². The van der Waals surface area contributed by atoms with Crippen LogP contribution in [0.25, 0.3) is 0 Å². The van der Waals surface area contributed by atoms with Crippen molar-refractivity contribution in [1.29, 1.82) is 0 Å². The molecule has 3 rings (SSSR count). The maximum Gasteiger partial charge on any atom is 0.256 e. The van der Waals surface area contributed by atoms with Gasteiger partial charge >= 0.3 is 0 Å². The van der Waals surface area contributed by atoms with Crippen LogP contribution >= 0.6 is 11.8 Å². The minimum absolute atomic E-state index is 0.00591. The molecule has 2 heterocycles. The predicted octanol–water partition coefficient (Wildman–Crippen LogP) is 2.17. The molecule has 4 nitrogen and oxygen atoms in total. The molecule has 20 heavy (non-hydrogen) atoms. The second-order valence-corrected chi connectivity index (χ2v) is 6.43. The third-order valence-electron chi connectivity index (χ3n) is 4.00. The number of hydrogen-bond acceptors (Lipinski definition) is 3. The van der Waals surface area contributed by atoms with E-state index in [9.17, 15) is 9.59 Å². The second-order valence-electron chi connectivity index (χ2n) is 5.32. The summed E-state index contributed by atoms with van der Waals surface area (Å²) >= 11 is 1.67. The van der Waals surface area contributed by atoms with Crippen LogP contribution in [0.2, 0.25) is 0 Å². The number of thioether (sulfide) groups is 1. The molecule has 1 fully saturated rings. The summed E-state index contributed by atoms with van der Waals surface area (Å²) in [5.74, 6) is 0.628. The van der Waals surface area contributed by atoms with Crippen LogP contribution in [-0.2, 0) is 4.79 Å². The molecule has 106 valence electrons. The molecule has 1 aromatic carbocycles. The SMILES string of the molecule is CC[C@H](C)NC(=O)[C@@H]1CS[C@@H]2c3ccccc3C(=O)N21. The Balaban J connectivity index is 1.83. The van der Waals surface area contributed by atoms with Gasteiger partial charge in [0.2, 0.25) is 5.91 Å². The lowest BCUT2D eigenvalue weighted by molar-refractivity contribution is -0.125. The average molecular weight is 290 g/mol. The van der Waals surface area contributed by atoms with Gasteiger partial charge in [0.15, 0.2) is 0 Å². The Morgan fingerprint density at radius 1 is 1.50 bits per heavy atom. The number of rotatable bonds is 3. The van der Waals surface area contributed by atoms with E-state index in [4.69, 9.17) is 0 Å². The van der Waals surface area contributed by atoms with Crippen LogP contribution < -0.4 is 5.32 Å². The quantitative estimate of drug-likeness (QED) is 0.928. The van der Waals surface area contributed by atoms with E-state index in [1.54, 1.807) is 16.7 Å². The molecule has 0 radical (unpaired) electrons. The van der Waals surface area contributed by atoms with E-state index >= 15 is 0 Å². The monoisotopic (exact) mass is 290 g/mol. The van der Waals surface area contributed by atoms with Crippen LogP contribution in [0.1, 0.15) is 41.6 Å². The van der Waals surface area contributed by atoms with E-state index in [0.717, 1.165) is 17.5 Å². The van der Waals surface area contributed by atoms with Gasteiger partial charge in [-0.25, -0.2) is 0 Å². The zero-order valence-corrected chi connectivity index (χ0v) is 12.4. The standard InChI is InChI=1S/C15H18N2O2S/c1-3-9(2)16-13(18)12-8-20-15-11-7-5-4-6-10(11)14(19)17(12)15/h4-7,9,12,15H,3,8H2,1-2H3,(H,16,18)/t9-,12-,15+/m0/s1. The zero-order chi connectivity index (χ0) is 14.3. The average Bonchev–Trinajstić information content (AvgIpc) is 3.00. The fourth-order valence-corrected chi connectivity index (χ4v) is 4.15. The van der Waals surface area contributed by atoms with Gasteiger partial charge < -0.3 is 10.2 Å². The highest BCUT2D eigenvalue weighted by Crippen LogP contribution is 2.47. The predicted molar refractivity (Wildman–Crippen MR) is 79.5 cm³/mol. The highest BCUT2D eigenvalue weighted by atomic mass is 32.2. The molecule has 2 aliphatic heterocycles. The Morgan fingerprint density at radius 2 is 2.25 bits per heavy atom. The summed E-state index contributed by atoms with van der Waals surface area (Å²) in [6.07, 6.45) is 0.892. The van der Waals surface area contributed by atoms with Gasteiger partial charge in [0.05, 0.1) is 0 Å². The Labute approximate surface area is 122 Å². The third kappa shape index (κ3) is 2.00. The number of nitrogens with zero attached hydrogens (tertiary/aromatic N) is 1. The van der Waals surface area contributed by atoms with E-state index in [0.29, 0.717) is 5.75 Å². The highest BCUT2D eigenvalue weighted by molar-refractivity contribution is 7.99. The first-order chi connectivity index (χ1) is 9.63. The summed E-state index contributed by atoms with van der Waals surface area (Å²) < 4.78 is 0. The summed E-state index contributed by atoms with van der Waals surface area (Å²) in [6.45, 7) is 4.02. The maximum absolute atomic E-state index is 12.5. The molecule has 1 saturated heterocycles. The molecule has 0 aliphatic carbocycles. The van der Waals surface area contributed by atoms with Crippen LogP contribution in [0, 0.1) is 0 Å². The van der Waals surface area contributed by atoms with Crippen molar-refractivity contribution in [1.82, 2.24) is 10.2 Å². The van der Waals surface area contributed by atoms with Gasteiger partial charge in [-0.2, -0.15) is 0 Å². The van der Waals surface area contributed by atoms with Gasteiger partial charge in [-0.3, -0.25) is 9.59 Å². The van der Waals surface area contributed by atoms with Crippen molar-refractivity contribution in [2.24, 2.45) is 0 Å². The molecule has 0 spiro atoms. The lowest BCUT2D eigenvalue weighted by Crippen LogP contribution is -2.48. The second kappa shape index (κ2) is 5.13. The summed E-state index contributed by atoms with van der Waals surface area (Å²) in [5.41, 5.74) is 1.78. The summed E-state index contributed by atoms with van der Waals surface area (Å²) in [4.78, 5) is 26.6. The largest absolute Gasteiger partial charge is 0.352 e. The molecule has 0 unspecified atom stereocenters. The summed E-state index contributed by atoms with van der Waals surface area (Å²) in [6, 6.07) is 7.45. The van der Waals surface area contributed by atoms with Gasteiger partial charge in [-0.1, -0.05) is 25.1 Å². The van der Waals surface area contributed by atoms with Gasteiger partial charge in [0, 0.05) is 17.4 Å². The number of amides is 2. The number of hydrogen-bond donors (Lipinski definition) is 1. The lowest BCUT2D eigenvalue weighted by Gasteiger charge is -2.24. The smallest absolute Gasteiger partial charge is 0.256 e. The Bertz CT molecular complexity index is 561. The minimum atomic E-state index is -0.348. The molecule has 0 saturated carbocycles. The number of carbonyl (C=O) groups is 2. The van der Waals surface area contributed by atoms with Crippen LogP contribution in [0.3, 0.4) is 0 Å². The molecule has 1 N–H and O–H groups in total. The number of fused-ring (bicyclic) bond motifs is 3. The topological polar surface area (TPSA) is 49.4 Å². The van der Waals surface area contributed by atoms with E-state index in [-0.39, 0.29) is 29.3 Å². The van der Waals surface area contributed by atoms with Crippen molar-refractivity contribution in [3.8, 4) is 0 Å². The first-order valence-electron chi connectivity index (χ1n) is 6.97. The maximum atomic E-state index is 12.5. The summed E-state index contributed by atoms with van der Waals surface area (Å²) in [7, 11) is 0. The normalized spacial score (nSPS) is 25.3. The molecular formula is C15H18N2O2S. The van der Waals surface area contributed by atoms with Gasteiger partial charge in [-0.15, -0.1) is 11.8 Å². The lowest BCUT2D eigenvalue weighted by atomic mass is 10.1. The van der Waals surface area contributed by atoms with Gasteiger partial charge in [0.25, 0.3) is 5.91 Å². The molecule has 0 aromatic heterocycles. The summed E-state index contributed by atoms with van der Waals surface area (Å²) in [5, 5.41) is 2.99. The van der Waals surface area contributed by atoms with Crippen LogP contribution in [0.5, 0.6) is 0 Å². The van der Waals surface area contributed by atoms with E-state index in [1.807, 2.05) is 38.1 Å². The Hall–Kier alpha value is -1.49. The molecule has 0 bridgehead atoms. The van der Waals surface area contributed by atoms with Crippen molar-refractivity contribution in [3.05, 3.63) is 35.4 Å². The van der Waals surface area contributed by atoms with E-state index in [2.05, 4.69) is 5.32 Å². The van der Waals surface area contributed by atoms with Crippen molar-refractivity contribution in [2.45, 2.75) is 37.7 Å². The molecule has 2 aliphatic rings. The van der Waals surface area contributed by atoms with Gasteiger partial charge in [-0.05, 0) is 25.0 Å². The van der Waals surface area contributed by atoms with Crippen LogP contribution in [0.4, 0.5) is 0 Å². The fraction of sp³-hybridized carbons (Fsp3) is 0.467.